The highest BCUT2D eigenvalue weighted by molar-refractivity contribution is 6.18. The lowest BCUT2D eigenvalue weighted by Crippen LogP contribution is -2.53. The summed E-state index contributed by atoms with van der Waals surface area (Å²) in [6.45, 7) is 6.06. The number of hydrogen-bond acceptors (Lipinski definition) is 4. The van der Waals surface area contributed by atoms with E-state index in [1.54, 1.807) is 13.8 Å². The summed E-state index contributed by atoms with van der Waals surface area (Å²) in [6, 6.07) is 5.64. The molecule has 162 valence electrons. The van der Waals surface area contributed by atoms with Crippen LogP contribution in [0.2, 0.25) is 0 Å². The maximum absolute atomic E-state index is 12.6. The van der Waals surface area contributed by atoms with E-state index >= 15 is 0 Å². The average Bonchev–Trinajstić information content (AvgIpc) is 2.65. The van der Waals surface area contributed by atoms with Crippen molar-refractivity contribution >= 4 is 46.7 Å². The van der Waals surface area contributed by atoms with Crippen LogP contribution < -0.4 is 15.5 Å². The molecular formula is C20H29Cl2N3O4. The first kappa shape index (κ1) is 25.0. The second-order valence-electron chi connectivity index (χ2n) is 7.06. The van der Waals surface area contributed by atoms with Crippen LogP contribution in [0.3, 0.4) is 0 Å². The second-order valence-corrected chi connectivity index (χ2v) is 7.81. The molecule has 7 nitrogen and oxygen atoms in total. The molecule has 2 atom stereocenters. The van der Waals surface area contributed by atoms with Gasteiger partial charge >= 0.3 is 5.97 Å². The third-order valence-corrected chi connectivity index (χ3v) is 4.71. The van der Waals surface area contributed by atoms with Crippen LogP contribution in [0.4, 0.5) is 5.69 Å². The van der Waals surface area contributed by atoms with Crippen molar-refractivity contribution in [2.45, 2.75) is 39.3 Å². The summed E-state index contributed by atoms with van der Waals surface area (Å²) in [5.74, 6) is -1.35. The number of aliphatic carboxylic acids is 1. The minimum absolute atomic E-state index is 0.237. The van der Waals surface area contributed by atoms with Gasteiger partial charge in [-0.3, -0.25) is 9.59 Å². The summed E-state index contributed by atoms with van der Waals surface area (Å²) < 4.78 is 0. The van der Waals surface area contributed by atoms with E-state index in [0.717, 1.165) is 11.3 Å². The van der Waals surface area contributed by atoms with Gasteiger partial charge in [-0.1, -0.05) is 26.0 Å². The van der Waals surface area contributed by atoms with E-state index in [1.165, 1.54) is 6.92 Å². The van der Waals surface area contributed by atoms with Crippen LogP contribution in [0.1, 0.15) is 26.3 Å². The molecule has 0 aliphatic heterocycles. The summed E-state index contributed by atoms with van der Waals surface area (Å²) in [6.07, 6.45) is 0.237. The molecule has 0 heterocycles. The highest BCUT2D eigenvalue weighted by Crippen LogP contribution is 2.17. The van der Waals surface area contributed by atoms with E-state index in [9.17, 15) is 19.5 Å². The molecule has 1 aromatic carbocycles. The molecule has 0 radical (unpaired) electrons. The summed E-state index contributed by atoms with van der Waals surface area (Å²) in [4.78, 5) is 37.6. The summed E-state index contributed by atoms with van der Waals surface area (Å²) in [5.41, 5.74) is 1.79. The van der Waals surface area contributed by atoms with E-state index in [4.69, 9.17) is 23.2 Å². The van der Waals surface area contributed by atoms with Crippen LogP contribution in [-0.4, -0.2) is 59.8 Å². The highest BCUT2D eigenvalue weighted by atomic mass is 35.5. The molecule has 0 fully saturated rings. The third-order valence-electron chi connectivity index (χ3n) is 4.37. The van der Waals surface area contributed by atoms with E-state index in [1.807, 2.05) is 24.3 Å². The van der Waals surface area contributed by atoms with Crippen LogP contribution >= 0.6 is 23.2 Å². The lowest BCUT2D eigenvalue weighted by Gasteiger charge is -2.24. The second kappa shape index (κ2) is 12.5. The fourth-order valence-electron chi connectivity index (χ4n) is 2.87. The van der Waals surface area contributed by atoms with Gasteiger partial charge in [-0.25, -0.2) is 4.79 Å². The van der Waals surface area contributed by atoms with Crippen LogP contribution in [0.25, 0.3) is 0 Å². The Morgan fingerprint density at radius 2 is 1.59 bits per heavy atom. The summed E-state index contributed by atoms with van der Waals surface area (Å²) >= 11 is 11.7. The minimum atomic E-state index is -1.11. The first-order valence-electron chi connectivity index (χ1n) is 9.45. The molecule has 0 spiro atoms. The van der Waals surface area contributed by atoms with Crippen LogP contribution in [0.15, 0.2) is 24.3 Å². The Labute approximate surface area is 181 Å². The Kier molecular flexibility index (Phi) is 10.8. The lowest BCUT2D eigenvalue weighted by molar-refractivity contribution is -0.143. The first-order chi connectivity index (χ1) is 13.7. The maximum atomic E-state index is 12.6. The number of carboxylic acids is 1. The molecule has 0 unspecified atom stereocenters. The van der Waals surface area contributed by atoms with Crippen molar-refractivity contribution in [3.05, 3.63) is 29.8 Å². The van der Waals surface area contributed by atoms with Gasteiger partial charge < -0.3 is 20.6 Å². The summed E-state index contributed by atoms with van der Waals surface area (Å²) in [5, 5.41) is 14.4. The zero-order valence-electron chi connectivity index (χ0n) is 17.0. The largest absolute Gasteiger partial charge is 0.480 e. The topological polar surface area (TPSA) is 98.7 Å². The van der Waals surface area contributed by atoms with Gasteiger partial charge in [0.25, 0.3) is 0 Å². The highest BCUT2D eigenvalue weighted by Gasteiger charge is 2.28. The van der Waals surface area contributed by atoms with Gasteiger partial charge in [-0.15, -0.1) is 23.2 Å². The van der Waals surface area contributed by atoms with Crippen LogP contribution in [0.5, 0.6) is 0 Å². The molecule has 0 aromatic heterocycles. The molecule has 1 aromatic rings. The number of hydrogen-bond donors (Lipinski definition) is 3. The van der Waals surface area contributed by atoms with Crippen molar-refractivity contribution in [2.24, 2.45) is 5.92 Å². The average molecular weight is 446 g/mol. The van der Waals surface area contributed by atoms with Crippen molar-refractivity contribution in [2.75, 3.05) is 29.7 Å². The molecule has 29 heavy (non-hydrogen) atoms. The number of benzene rings is 1. The molecule has 2 amide bonds. The van der Waals surface area contributed by atoms with Gasteiger partial charge in [0, 0.05) is 43.9 Å². The number of halogens is 2. The van der Waals surface area contributed by atoms with Gasteiger partial charge in [0.2, 0.25) is 11.8 Å². The zero-order valence-corrected chi connectivity index (χ0v) is 18.5. The van der Waals surface area contributed by atoms with Crippen LogP contribution in [0, 0.1) is 5.92 Å². The van der Waals surface area contributed by atoms with Gasteiger partial charge in [0.1, 0.15) is 12.1 Å². The molecule has 9 heteroatoms. The molecular weight excluding hydrogens is 417 g/mol. The monoisotopic (exact) mass is 445 g/mol. The fraction of sp³-hybridized carbons (Fsp3) is 0.550. The molecule has 0 saturated carbocycles. The quantitative estimate of drug-likeness (QED) is 0.428. The number of amides is 2. The fourth-order valence-corrected chi connectivity index (χ4v) is 3.28. The van der Waals surface area contributed by atoms with Crippen molar-refractivity contribution in [3.8, 4) is 0 Å². The van der Waals surface area contributed by atoms with Crippen molar-refractivity contribution < 1.29 is 19.5 Å². The minimum Gasteiger partial charge on any atom is -0.480 e. The van der Waals surface area contributed by atoms with Crippen molar-refractivity contribution in [1.29, 1.82) is 0 Å². The first-order valence-corrected chi connectivity index (χ1v) is 10.5. The predicted octanol–water partition coefficient (Wildman–Crippen LogP) is 2.24. The van der Waals surface area contributed by atoms with Crippen molar-refractivity contribution in [3.63, 3.8) is 0 Å². The van der Waals surface area contributed by atoms with Gasteiger partial charge in [0.15, 0.2) is 0 Å². The zero-order chi connectivity index (χ0) is 22.0. The van der Waals surface area contributed by atoms with Gasteiger partial charge in [-0.2, -0.15) is 0 Å². The number of alkyl halides is 2. The molecule has 1 rings (SSSR count). The molecule has 0 aliphatic carbocycles. The van der Waals surface area contributed by atoms with E-state index in [-0.39, 0.29) is 18.2 Å². The molecule has 0 saturated heterocycles. The van der Waals surface area contributed by atoms with Crippen molar-refractivity contribution in [1.82, 2.24) is 10.6 Å². The van der Waals surface area contributed by atoms with Gasteiger partial charge in [0.05, 0.1) is 0 Å². The predicted molar refractivity (Wildman–Crippen MR) is 116 cm³/mol. The maximum Gasteiger partial charge on any atom is 0.326 e. The Morgan fingerprint density at radius 1 is 1.03 bits per heavy atom. The molecule has 3 N–H and O–H groups in total. The Balaban J connectivity index is 2.93. The Morgan fingerprint density at radius 3 is 2.00 bits per heavy atom. The summed E-state index contributed by atoms with van der Waals surface area (Å²) in [7, 11) is 0. The smallest absolute Gasteiger partial charge is 0.326 e. The normalized spacial score (nSPS) is 12.9. The van der Waals surface area contributed by atoms with E-state index < -0.39 is 24.0 Å². The number of nitrogens with zero attached hydrogens (tertiary/aromatic N) is 1. The number of rotatable bonds is 12. The Bertz CT molecular complexity index is 677. The number of carbonyl (C=O) groups is 3. The third kappa shape index (κ3) is 8.50. The lowest BCUT2D eigenvalue weighted by atomic mass is 10.0. The number of carbonyl (C=O) groups excluding carboxylic acids is 2. The number of anilines is 1. The Hall–Kier alpha value is -1.99. The van der Waals surface area contributed by atoms with Gasteiger partial charge in [-0.05, 0) is 23.6 Å². The molecule has 0 bridgehead atoms. The SMILES string of the molecule is CC(=O)N[C@H](Cc1ccc(N(CCCl)CCCl)cc1)C(=O)N[C@@H](C(=O)O)C(C)C. The van der Waals surface area contributed by atoms with E-state index in [0.29, 0.717) is 24.8 Å². The van der Waals surface area contributed by atoms with E-state index in [2.05, 4.69) is 15.5 Å². The van der Waals surface area contributed by atoms with Crippen LogP contribution in [-0.2, 0) is 20.8 Å². The standard InChI is InChI=1S/C20H29Cl2N3O4/c1-13(2)18(20(28)29)24-19(27)17(23-14(3)26)12-15-4-6-16(7-5-15)25(10-8-21)11-9-22/h4-7,13,17-18H,8-12H2,1-3H3,(H,23,26)(H,24,27)(H,28,29)/t17-,18-/m1/s1. The number of carboxylic acid groups (broad SMARTS) is 1. The number of nitrogens with one attached hydrogen (secondary N) is 2. The molecule has 0 aliphatic rings.